The fraction of sp³-hybridized carbons (Fsp3) is 0.455. The fourth-order valence-corrected chi connectivity index (χ4v) is 4.58. The van der Waals surface area contributed by atoms with Crippen LogP contribution >= 0.6 is 0 Å². The van der Waals surface area contributed by atoms with Gasteiger partial charge in [0.1, 0.15) is 5.75 Å². The Morgan fingerprint density at radius 1 is 1.07 bits per heavy atom. The lowest BCUT2D eigenvalue weighted by Gasteiger charge is -2.44. The predicted molar refractivity (Wildman–Crippen MR) is 110 cm³/mol. The van der Waals surface area contributed by atoms with Crippen molar-refractivity contribution in [2.75, 3.05) is 43.9 Å². The lowest BCUT2D eigenvalue weighted by molar-refractivity contribution is 0.0393. The SMILES string of the molecule is COc1cc(N)ccc1N1CCN(C2Cc3c(C)cccc3CC2O)CC1. The molecule has 1 saturated heterocycles. The van der Waals surface area contributed by atoms with Crippen LogP contribution in [0.5, 0.6) is 5.75 Å². The highest BCUT2D eigenvalue weighted by atomic mass is 16.5. The Labute approximate surface area is 161 Å². The third kappa shape index (κ3) is 3.49. The van der Waals surface area contributed by atoms with E-state index in [-0.39, 0.29) is 12.1 Å². The highest BCUT2D eigenvalue weighted by molar-refractivity contribution is 5.64. The number of aryl methyl sites for hydroxylation is 1. The van der Waals surface area contributed by atoms with Crippen LogP contribution in [-0.2, 0) is 12.8 Å². The Hall–Kier alpha value is -2.24. The van der Waals surface area contributed by atoms with Crippen LogP contribution in [0.25, 0.3) is 0 Å². The topological polar surface area (TPSA) is 62.0 Å². The van der Waals surface area contributed by atoms with E-state index in [2.05, 4.69) is 34.9 Å². The molecule has 144 valence electrons. The standard InChI is InChI=1S/C22H29N3O2/c1-15-4-3-5-16-12-21(26)20(14-18(15)16)25-10-8-24(9-11-25)19-7-6-17(23)13-22(19)27-2/h3-7,13,20-21,26H,8-12,14,23H2,1-2H3. The molecule has 0 saturated carbocycles. The summed E-state index contributed by atoms with van der Waals surface area (Å²) in [5.41, 5.74) is 11.8. The molecule has 0 bridgehead atoms. The Balaban J connectivity index is 1.46. The largest absolute Gasteiger partial charge is 0.495 e. The van der Waals surface area contributed by atoms with Crippen molar-refractivity contribution in [1.82, 2.24) is 4.90 Å². The van der Waals surface area contributed by atoms with E-state index in [1.165, 1.54) is 16.7 Å². The second-order valence-electron chi connectivity index (χ2n) is 7.71. The molecule has 1 aliphatic carbocycles. The van der Waals surface area contributed by atoms with Gasteiger partial charge in [-0.1, -0.05) is 18.2 Å². The number of nitrogens with two attached hydrogens (primary N) is 1. The zero-order valence-electron chi connectivity index (χ0n) is 16.2. The van der Waals surface area contributed by atoms with Gasteiger partial charge in [-0.3, -0.25) is 4.90 Å². The van der Waals surface area contributed by atoms with E-state index < -0.39 is 0 Å². The molecule has 2 unspecified atom stereocenters. The number of nitrogen functional groups attached to an aromatic ring is 1. The molecule has 4 rings (SSSR count). The van der Waals surface area contributed by atoms with Crippen LogP contribution in [0, 0.1) is 6.92 Å². The minimum atomic E-state index is -0.295. The summed E-state index contributed by atoms with van der Waals surface area (Å²) in [6.45, 7) is 5.90. The third-order valence-corrected chi connectivity index (χ3v) is 6.12. The van der Waals surface area contributed by atoms with Gasteiger partial charge in [0.05, 0.1) is 18.9 Å². The molecule has 5 nitrogen and oxygen atoms in total. The molecule has 27 heavy (non-hydrogen) atoms. The van der Waals surface area contributed by atoms with Crippen LogP contribution in [0.15, 0.2) is 36.4 Å². The molecule has 3 N–H and O–H groups in total. The number of hydrogen-bond acceptors (Lipinski definition) is 5. The van der Waals surface area contributed by atoms with Crippen LogP contribution in [0.3, 0.4) is 0 Å². The molecule has 0 spiro atoms. The molecule has 2 aliphatic rings. The summed E-state index contributed by atoms with van der Waals surface area (Å²) in [4.78, 5) is 4.81. The van der Waals surface area contributed by atoms with Crippen molar-refractivity contribution in [2.45, 2.75) is 31.9 Å². The lowest BCUT2D eigenvalue weighted by atomic mass is 9.83. The van der Waals surface area contributed by atoms with E-state index >= 15 is 0 Å². The number of methoxy groups -OCH3 is 1. The van der Waals surface area contributed by atoms with Crippen LogP contribution in [-0.4, -0.2) is 55.4 Å². The molecular formula is C22H29N3O2. The molecule has 2 atom stereocenters. The number of hydrogen-bond donors (Lipinski definition) is 2. The van der Waals surface area contributed by atoms with E-state index in [0.29, 0.717) is 5.69 Å². The second-order valence-corrected chi connectivity index (χ2v) is 7.71. The normalized spacial score (nSPS) is 23.1. The molecule has 0 radical (unpaired) electrons. The molecular weight excluding hydrogens is 338 g/mol. The monoisotopic (exact) mass is 367 g/mol. The predicted octanol–water partition coefficient (Wildman–Crippen LogP) is 2.24. The number of anilines is 2. The number of piperazine rings is 1. The van der Waals surface area contributed by atoms with Gasteiger partial charge >= 0.3 is 0 Å². The summed E-state index contributed by atoms with van der Waals surface area (Å²) >= 11 is 0. The summed E-state index contributed by atoms with van der Waals surface area (Å²) < 4.78 is 5.52. The average Bonchev–Trinajstić information content (AvgIpc) is 2.68. The van der Waals surface area contributed by atoms with E-state index in [0.717, 1.165) is 50.5 Å². The van der Waals surface area contributed by atoms with Gasteiger partial charge in [-0.15, -0.1) is 0 Å². The van der Waals surface area contributed by atoms with Gasteiger partial charge in [0.15, 0.2) is 0 Å². The van der Waals surface area contributed by atoms with Gasteiger partial charge in [0, 0.05) is 50.4 Å². The van der Waals surface area contributed by atoms with Crippen molar-refractivity contribution < 1.29 is 9.84 Å². The Morgan fingerprint density at radius 2 is 1.85 bits per heavy atom. The van der Waals surface area contributed by atoms with Crippen LogP contribution < -0.4 is 15.4 Å². The molecule has 2 aromatic carbocycles. The summed E-state index contributed by atoms with van der Waals surface area (Å²) in [7, 11) is 1.69. The molecule has 0 aromatic heterocycles. The lowest BCUT2D eigenvalue weighted by Crippen LogP contribution is -2.56. The Kier molecular flexibility index (Phi) is 4.98. The third-order valence-electron chi connectivity index (χ3n) is 6.12. The molecule has 1 aliphatic heterocycles. The first-order chi connectivity index (χ1) is 13.1. The second kappa shape index (κ2) is 7.41. The molecule has 5 heteroatoms. The number of rotatable bonds is 3. The van der Waals surface area contributed by atoms with Crippen molar-refractivity contribution in [1.29, 1.82) is 0 Å². The van der Waals surface area contributed by atoms with Crippen molar-refractivity contribution in [3.63, 3.8) is 0 Å². The van der Waals surface area contributed by atoms with Crippen LogP contribution in [0.1, 0.15) is 16.7 Å². The number of nitrogens with zero attached hydrogens (tertiary/aromatic N) is 2. The minimum Gasteiger partial charge on any atom is -0.495 e. The van der Waals surface area contributed by atoms with Crippen LogP contribution in [0.2, 0.25) is 0 Å². The maximum absolute atomic E-state index is 10.8. The molecule has 0 amide bonds. The van der Waals surface area contributed by atoms with Crippen LogP contribution in [0.4, 0.5) is 11.4 Å². The highest BCUT2D eigenvalue weighted by Gasteiger charge is 2.34. The number of aliphatic hydroxyl groups excluding tert-OH is 1. The Bertz CT molecular complexity index is 815. The van der Waals surface area contributed by atoms with Crippen molar-refractivity contribution >= 4 is 11.4 Å². The van der Waals surface area contributed by atoms with E-state index in [1.807, 2.05) is 18.2 Å². The number of aliphatic hydroxyl groups is 1. The molecule has 1 heterocycles. The number of ether oxygens (including phenoxy) is 1. The average molecular weight is 367 g/mol. The quantitative estimate of drug-likeness (QED) is 0.815. The first kappa shape index (κ1) is 18.1. The van der Waals surface area contributed by atoms with Crippen molar-refractivity contribution in [3.05, 3.63) is 53.1 Å². The van der Waals surface area contributed by atoms with Gasteiger partial charge in [-0.25, -0.2) is 0 Å². The van der Waals surface area contributed by atoms with Gasteiger partial charge in [-0.05, 0) is 42.2 Å². The number of benzene rings is 2. The zero-order chi connectivity index (χ0) is 19.0. The van der Waals surface area contributed by atoms with Gasteiger partial charge in [0.25, 0.3) is 0 Å². The van der Waals surface area contributed by atoms with E-state index in [4.69, 9.17) is 10.5 Å². The smallest absolute Gasteiger partial charge is 0.144 e. The summed E-state index contributed by atoms with van der Waals surface area (Å²) in [5.74, 6) is 0.825. The van der Waals surface area contributed by atoms with E-state index in [1.54, 1.807) is 7.11 Å². The first-order valence-electron chi connectivity index (χ1n) is 9.74. The zero-order valence-corrected chi connectivity index (χ0v) is 16.2. The maximum atomic E-state index is 10.8. The summed E-state index contributed by atoms with van der Waals surface area (Å²) in [5, 5.41) is 10.8. The van der Waals surface area contributed by atoms with Gasteiger partial charge < -0.3 is 20.5 Å². The summed E-state index contributed by atoms with van der Waals surface area (Å²) in [6, 6.07) is 12.5. The number of fused-ring (bicyclic) bond motifs is 1. The first-order valence-corrected chi connectivity index (χ1v) is 9.74. The molecule has 2 aromatic rings. The minimum absolute atomic E-state index is 0.203. The molecule has 1 fully saturated rings. The van der Waals surface area contributed by atoms with Crippen molar-refractivity contribution in [2.24, 2.45) is 0 Å². The summed E-state index contributed by atoms with van der Waals surface area (Å²) in [6.07, 6.45) is 1.40. The van der Waals surface area contributed by atoms with Crippen molar-refractivity contribution in [3.8, 4) is 5.75 Å². The highest BCUT2D eigenvalue weighted by Crippen LogP contribution is 2.32. The van der Waals surface area contributed by atoms with Gasteiger partial charge in [0.2, 0.25) is 0 Å². The fourth-order valence-electron chi connectivity index (χ4n) is 4.58. The Morgan fingerprint density at radius 3 is 2.59 bits per heavy atom. The van der Waals surface area contributed by atoms with E-state index in [9.17, 15) is 5.11 Å². The van der Waals surface area contributed by atoms with Gasteiger partial charge in [-0.2, -0.15) is 0 Å². The maximum Gasteiger partial charge on any atom is 0.144 e.